The Balaban J connectivity index is 1.49. The SMILES string of the molecule is CN(C)C(=O)COc1ccccc1C(=O)Cn1cnc2nc(N3CCCC(N)C3)n(Cc3ccccc3)c2c1=O. The molecule has 4 aromatic rings. The zero-order chi connectivity index (χ0) is 28.2. The van der Waals surface area contributed by atoms with Crippen LogP contribution in [0.15, 0.2) is 65.7 Å². The Labute approximate surface area is 231 Å². The highest BCUT2D eigenvalue weighted by atomic mass is 16.5. The van der Waals surface area contributed by atoms with Crippen molar-refractivity contribution in [3.63, 3.8) is 0 Å². The van der Waals surface area contributed by atoms with Crippen LogP contribution in [0.4, 0.5) is 5.95 Å². The lowest BCUT2D eigenvalue weighted by Crippen LogP contribution is -2.44. The molecule has 11 heteroatoms. The molecular weight excluding hydrogens is 510 g/mol. The zero-order valence-electron chi connectivity index (χ0n) is 22.7. The first-order valence-electron chi connectivity index (χ1n) is 13.3. The Bertz CT molecular complexity index is 1580. The molecule has 1 atom stereocenters. The van der Waals surface area contributed by atoms with E-state index in [0.29, 0.717) is 30.2 Å². The number of ether oxygens (including phenoxy) is 1. The molecule has 2 aromatic heterocycles. The first-order valence-corrected chi connectivity index (χ1v) is 13.3. The highest BCUT2D eigenvalue weighted by Crippen LogP contribution is 2.24. The molecule has 1 fully saturated rings. The molecule has 2 aromatic carbocycles. The Morgan fingerprint density at radius 2 is 1.85 bits per heavy atom. The van der Waals surface area contributed by atoms with Gasteiger partial charge in [0.1, 0.15) is 12.1 Å². The summed E-state index contributed by atoms with van der Waals surface area (Å²) in [4.78, 5) is 51.9. The number of imidazole rings is 1. The molecule has 0 bridgehead atoms. The second-order valence-corrected chi connectivity index (χ2v) is 10.2. The Hall–Kier alpha value is -4.51. The third-order valence-electron chi connectivity index (χ3n) is 6.99. The maximum atomic E-state index is 13.8. The van der Waals surface area contributed by atoms with Crippen LogP contribution in [0.1, 0.15) is 28.8 Å². The highest BCUT2D eigenvalue weighted by Gasteiger charge is 2.25. The molecule has 1 aliphatic rings. The molecule has 1 aliphatic heterocycles. The van der Waals surface area contributed by atoms with Gasteiger partial charge in [0.25, 0.3) is 11.5 Å². The van der Waals surface area contributed by atoms with Crippen LogP contribution < -0.4 is 20.9 Å². The summed E-state index contributed by atoms with van der Waals surface area (Å²) >= 11 is 0. The van der Waals surface area contributed by atoms with Crippen molar-refractivity contribution in [1.82, 2.24) is 24.0 Å². The van der Waals surface area contributed by atoms with Crippen molar-refractivity contribution in [1.29, 1.82) is 0 Å². The van der Waals surface area contributed by atoms with E-state index in [9.17, 15) is 14.4 Å². The summed E-state index contributed by atoms with van der Waals surface area (Å²) in [6, 6.07) is 16.5. The van der Waals surface area contributed by atoms with E-state index in [2.05, 4.69) is 9.88 Å². The Morgan fingerprint density at radius 1 is 1.10 bits per heavy atom. The van der Waals surface area contributed by atoms with Crippen molar-refractivity contribution >= 4 is 28.8 Å². The fourth-order valence-corrected chi connectivity index (χ4v) is 4.84. The van der Waals surface area contributed by atoms with Crippen LogP contribution in [0.5, 0.6) is 5.75 Å². The number of hydrogen-bond acceptors (Lipinski definition) is 8. The van der Waals surface area contributed by atoms with Crippen LogP contribution in [0, 0.1) is 0 Å². The summed E-state index contributed by atoms with van der Waals surface area (Å²) < 4.78 is 8.81. The molecule has 0 spiro atoms. The summed E-state index contributed by atoms with van der Waals surface area (Å²) in [6.45, 7) is 1.39. The van der Waals surface area contributed by atoms with Crippen molar-refractivity contribution in [3.05, 3.63) is 82.4 Å². The normalized spacial score (nSPS) is 15.3. The number of piperidine rings is 1. The molecular formula is C29H33N7O4. The van der Waals surface area contributed by atoms with Crippen LogP contribution >= 0.6 is 0 Å². The van der Waals surface area contributed by atoms with Crippen LogP contribution in [0.2, 0.25) is 0 Å². The Kier molecular flexibility index (Phi) is 7.92. The summed E-state index contributed by atoms with van der Waals surface area (Å²) in [6.07, 6.45) is 3.23. The summed E-state index contributed by atoms with van der Waals surface area (Å²) in [5.74, 6) is 0.354. The van der Waals surface area contributed by atoms with Crippen LogP contribution in [0.3, 0.4) is 0 Å². The lowest BCUT2D eigenvalue weighted by Gasteiger charge is -2.31. The number of carbonyl (C=O) groups is 2. The molecule has 1 amide bonds. The number of rotatable bonds is 9. The van der Waals surface area contributed by atoms with Gasteiger partial charge in [-0.05, 0) is 30.5 Å². The average Bonchev–Trinajstić information content (AvgIpc) is 3.32. The quantitative estimate of drug-likeness (QED) is 0.317. The van der Waals surface area contributed by atoms with Crippen molar-refractivity contribution in [2.24, 2.45) is 5.73 Å². The van der Waals surface area contributed by atoms with Crippen molar-refractivity contribution in [3.8, 4) is 5.75 Å². The van der Waals surface area contributed by atoms with Gasteiger partial charge in [-0.15, -0.1) is 0 Å². The first-order chi connectivity index (χ1) is 19.3. The number of hydrogen-bond donors (Lipinski definition) is 1. The number of likely N-dealkylation sites (N-methyl/N-ethyl adjacent to an activating group) is 1. The number of amides is 1. The summed E-state index contributed by atoms with van der Waals surface area (Å²) in [5, 5.41) is 0. The molecule has 2 N–H and O–H groups in total. The van der Waals surface area contributed by atoms with E-state index in [1.165, 1.54) is 15.8 Å². The maximum absolute atomic E-state index is 13.8. The Morgan fingerprint density at radius 3 is 2.60 bits per heavy atom. The molecule has 1 unspecified atom stereocenters. The lowest BCUT2D eigenvalue weighted by molar-refractivity contribution is -0.130. The number of carbonyl (C=O) groups excluding carboxylic acids is 2. The van der Waals surface area contributed by atoms with Gasteiger partial charge < -0.3 is 20.3 Å². The van der Waals surface area contributed by atoms with Gasteiger partial charge in [0, 0.05) is 33.2 Å². The van der Waals surface area contributed by atoms with E-state index >= 15 is 0 Å². The second-order valence-electron chi connectivity index (χ2n) is 10.2. The topological polar surface area (TPSA) is 129 Å². The second kappa shape index (κ2) is 11.7. The third-order valence-corrected chi connectivity index (χ3v) is 6.99. The zero-order valence-corrected chi connectivity index (χ0v) is 22.7. The monoisotopic (exact) mass is 543 g/mol. The number of Topliss-reactive ketones (excluding diaryl/α,β-unsaturated/α-hetero) is 1. The third kappa shape index (κ3) is 5.74. The fourth-order valence-electron chi connectivity index (χ4n) is 4.84. The van der Waals surface area contributed by atoms with E-state index < -0.39 is 0 Å². The van der Waals surface area contributed by atoms with Gasteiger partial charge in [-0.3, -0.25) is 23.5 Å². The highest BCUT2D eigenvalue weighted by molar-refractivity contribution is 5.98. The molecule has 1 saturated heterocycles. The van der Waals surface area contributed by atoms with Gasteiger partial charge >= 0.3 is 0 Å². The van der Waals surface area contributed by atoms with E-state index in [1.807, 2.05) is 34.9 Å². The lowest BCUT2D eigenvalue weighted by atomic mass is 10.1. The number of fused-ring (bicyclic) bond motifs is 1. The largest absolute Gasteiger partial charge is 0.483 e. The molecule has 40 heavy (non-hydrogen) atoms. The van der Waals surface area contributed by atoms with Gasteiger partial charge in [0.2, 0.25) is 5.95 Å². The minimum absolute atomic E-state index is 0.0243. The molecule has 5 rings (SSSR count). The number of nitrogens with two attached hydrogens (primary N) is 1. The molecule has 208 valence electrons. The minimum atomic E-state index is -0.365. The van der Waals surface area contributed by atoms with Crippen molar-refractivity contribution in [2.75, 3.05) is 38.7 Å². The molecule has 11 nitrogen and oxygen atoms in total. The van der Waals surface area contributed by atoms with E-state index in [1.54, 1.807) is 38.4 Å². The molecule has 3 heterocycles. The van der Waals surface area contributed by atoms with Crippen LogP contribution in [0.25, 0.3) is 11.2 Å². The predicted molar refractivity (Wildman–Crippen MR) is 152 cm³/mol. The summed E-state index contributed by atoms with van der Waals surface area (Å²) in [7, 11) is 3.26. The number of aromatic nitrogens is 4. The van der Waals surface area contributed by atoms with Crippen LogP contribution in [-0.4, -0.2) is 75.5 Å². The van der Waals surface area contributed by atoms with Crippen molar-refractivity contribution in [2.45, 2.75) is 32.0 Å². The van der Waals surface area contributed by atoms with Crippen LogP contribution in [-0.2, 0) is 17.9 Å². The van der Waals surface area contributed by atoms with Crippen molar-refractivity contribution < 1.29 is 14.3 Å². The van der Waals surface area contributed by atoms with E-state index in [-0.39, 0.29) is 47.8 Å². The van der Waals surface area contributed by atoms with Gasteiger partial charge in [-0.1, -0.05) is 42.5 Å². The fraction of sp³-hybridized carbons (Fsp3) is 0.345. The number of anilines is 1. The maximum Gasteiger partial charge on any atom is 0.280 e. The number of para-hydroxylation sites is 1. The van der Waals surface area contributed by atoms with Gasteiger partial charge in [-0.25, -0.2) is 4.98 Å². The summed E-state index contributed by atoms with van der Waals surface area (Å²) in [5.41, 5.74) is 7.83. The molecule has 0 aliphatic carbocycles. The molecule has 0 saturated carbocycles. The minimum Gasteiger partial charge on any atom is -0.483 e. The van der Waals surface area contributed by atoms with Gasteiger partial charge in [-0.2, -0.15) is 4.98 Å². The average molecular weight is 544 g/mol. The number of ketones is 1. The number of nitrogens with zero attached hydrogens (tertiary/aromatic N) is 6. The smallest absolute Gasteiger partial charge is 0.280 e. The number of benzene rings is 2. The van der Waals surface area contributed by atoms with E-state index in [0.717, 1.165) is 24.9 Å². The molecule has 0 radical (unpaired) electrons. The van der Waals surface area contributed by atoms with Gasteiger partial charge in [0.05, 0.1) is 18.7 Å². The van der Waals surface area contributed by atoms with Gasteiger partial charge in [0.15, 0.2) is 23.6 Å². The first kappa shape index (κ1) is 27.1. The standard InChI is InChI=1S/C29H33N7O4/c1-33(2)25(38)18-40-24-13-7-6-12-22(24)23(37)17-35-19-31-27-26(28(35)39)36(15-20-9-4-3-5-10-20)29(32-27)34-14-8-11-21(30)16-34/h3-7,9-10,12-13,19,21H,8,11,14-18,30H2,1-2H3. The predicted octanol–water partition coefficient (Wildman–Crippen LogP) is 1.92. The van der Waals surface area contributed by atoms with E-state index in [4.69, 9.17) is 15.5 Å².